The smallest absolute Gasteiger partial charge is 0.273 e. The van der Waals surface area contributed by atoms with Crippen LogP contribution in [0.4, 0.5) is 0 Å². The van der Waals surface area contributed by atoms with Crippen molar-refractivity contribution in [3.8, 4) is 0 Å². The SMILES string of the molecule is [C-]1=CC=CC1.[C-]1=CC=CC1.[C-]1=CC=CC1.[C-]1=CC=CC1.[Zr+2].[Zr+2].c1ccc([B-](c2ccccc2)(c2ccccc2)c2ccccc2)cc1.c1ccc([B-](c2ccccc2)(c2ccccc2)c2ccccc2)cc1. The Balaban J connectivity index is 0.000000189. The van der Waals surface area contributed by atoms with Gasteiger partial charge in [0.05, 0.1) is 0 Å². The molecular weight excluding hydrogens is 1020 g/mol. The van der Waals surface area contributed by atoms with E-state index in [1.807, 2.05) is 48.6 Å². The van der Waals surface area contributed by atoms with Crippen LogP contribution in [0.5, 0.6) is 0 Å². The van der Waals surface area contributed by atoms with Gasteiger partial charge in [-0.2, -0.15) is 68.0 Å². The molecule has 0 saturated heterocycles. The predicted octanol–water partition coefficient (Wildman–Crippen LogP) is 11.3. The molecule has 0 bridgehead atoms. The molecule has 12 rings (SSSR count). The number of rotatable bonds is 8. The molecule has 0 unspecified atom stereocenters. The summed E-state index contributed by atoms with van der Waals surface area (Å²) < 4.78 is 0. The average Bonchev–Trinajstić information content (AvgIpc) is 4.33. The van der Waals surface area contributed by atoms with Gasteiger partial charge in [0.15, 0.2) is 0 Å². The summed E-state index contributed by atoms with van der Waals surface area (Å²) in [4.78, 5) is 0. The second-order valence-corrected chi connectivity index (χ2v) is 17.0. The van der Waals surface area contributed by atoms with Crippen molar-refractivity contribution >= 4 is 56.0 Å². The maximum absolute atomic E-state index is 2.99. The quantitative estimate of drug-likeness (QED) is 0.105. The van der Waals surface area contributed by atoms with Crippen molar-refractivity contribution in [1.82, 2.24) is 0 Å². The first-order chi connectivity index (χ1) is 34.8. The number of hydrogen-bond donors (Lipinski definition) is 0. The van der Waals surface area contributed by atoms with Gasteiger partial charge in [0.1, 0.15) is 12.3 Å². The Morgan fingerprint density at radius 3 is 0.431 bits per heavy atom. The van der Waals surface area contributed by atoms with Crippen LogP contribution in [0.3, 0.4) is 0 Å². The van der Waals surface area contributed by atoms with E-state index in [9.17, 15) is 0 Å². The minimum atomic E-state index is -1.22. The van der Waals surface area contributed by atoms with Gasteiger partial charge in [-0.25, -0.2) is 48.6 Å². The van der Waals surface area contributed by atoms with Gasteiger partial charge >= 0.3 is 52.4 Å². The van der Waals surface area contributed by atoms with E-state index in [-0.39, 0.29) is 52.4 Å². The molecule has 0 nitrogen and oxygen atoms in total. The van der Waals surface area contributed by atoms with Crippen LogP contribution in [0.2, 0.25) is 0 Å². The molecule has 0 fully saturated rings. The Hall–Kier alpha value is -6.42. The van der Waals surface area contributed by atoms with Crippen LogP contribution in [0, 0.1) is 24.3 Å². The second-order valence-electron chi connectivity index (χ2n) is 17.0. The molecule has 0 aromatic heterocycles. The molecule has 0 heterocycles. The van der Waals surface area contributed by atoms with Gasteiger partial charge in [-0.15, -0.1) is 25.7 Å². The molecule has 0 radical (unpaired) electrons. The fourth-order valence-electron chi connectivity index (χ4n) is 9.60. The summed E-state index contributed by atoms with van der Waals surface area (Å²) in [6.07, 6.45) is 37.6. The fourth-order valence-corrected chi connectivity index (χ4v) is 9.60. The molecule has 4 aliphatic rings. The van der Waals surface area contributed by atoms with Crippen LogP contribution < -0.4 is 43.7 Å². The van der Waals surface area contributed by atoms with Crippen LogP contribution in [0.1, 0.15) is 25.7 Å². The van der Waals surface area contributed by atoms with Gasteiger partial charge in [-0.3, -0.25) is 24.3 Å². The largest absolute Gasteiger partial charge is 2.00 e. The van der Waals surface area contributed by atoms with Gasteiger partial charge in [0.2, 0.25) is 0 Å². The molecule has 0 saturated carbocycles. The number of hydrogen-bond acceptors (Lipinski definition) is 0. The van der Waals surface area contributed by atoms with E-state index in [4.69, 9.17) is 0 Å². The van der Waals surface area contributed by atoms with Crippen LogP contribution in [-0.2, 0) is 52.4 Å². The minimum Gasteiger partial charge on any atom is -0.273 e. The molecule has 4 aliphatic carbocycles. The third kappa shape index (κ3) is 15.8. The monoisotopic (exact) mass is 1080 g/mol. The molecule has 0 atom stereocenters. The molecule has 4 heteroatoms. The van der Waals surface area contributed by atoms with Gasteiger partial charge in [0, 0.05) is 0 Å². The summed E-state index contributed by atoms with van der Waals surface area (Å²) in [6, 6.07) is 87.1. The van der Waals surface area contributed by atoms with Crippen molar-refractivity contribution in [3.05, 3.63) is 340 Å². The van der Waals surface area contributed by atoms with Gasteiger partial charge in [-0.05, 0) is 0 Å². The zero-order valence-electron chi connectivity index (χ0n) is 41.0. The zero-order chi connectivity index (χ0) is 48.0. The van der Waals surface area contributed by atoms with Gasteiger partial charge < -0.3 is 0 Å². The standard InChI is InChI=1S/2C24H20B.4C5H5.2Zr/c2*1-5-13-21(14-6-1)25(22-15-7-2-8-16-22,23-17-9-3-10-18-23)24-19-11-4-12-20-24;4*1-2-4-5-3-1;;/h2*1-20H;4*1-3H,4H2;;/q6*-1;2*+2. The van der Waals surface area contributed by atoms with Crippen LogP contribution in [-0.4, -0.2) is 12.3 Å². The molecule has 348 valence electrons. The fraction of sp³-hybridized carbons (Fsp3) is 0.0588. The predicted molar refractivity (Wildman–Crippen MR) is 306 cm³/mol. The molecule has 0 N–H and O–H groups in total. The topological polar surface area (TPSA) is 0 Å². The summed E-state index contributed by atoms with van der Waals surface area (Å²) in [7, 11) is 0. The van der Waals surface area contributed by atoms with E-state index < -0.39 is 12.3 Å². The first kappa shape index (κ1) is 56.5. The number of benzene rings is 8. The van der Waals surface area contributed by atoms with Gasteiger partial charge in [0.25, 0.3) is 0 Å². The molecular formula is C68H60B2Zr2-2. The van der Waals surface area contributed by atoms with Crippen molar-refractivity contribution in [2.75, 3.05) is 0 Å². The van der Waals surface area contributed by atoms with E-state index in [0.717, 1.165) is 25.7 Å². The molecule has 0 spiro atoms. The summed E-state index contributed by atoms with van der Waals surface area (Å²) in [6.45, 7) is 0. The first-order valence-electron chi connectivity index (χ1n) is 24.5. The summed E-state index contributed by atoms with van der Waals surface area (Å²) >= 11 is 0. The molecule has 72 heavy (non-hydrogen) atoms. The molecule has 0 amide bonds. The normalized spacial score (nSPS) is 12.7. The van der Waals surface area contributed by atoms with Gasteiger partial charge in [-0.1, -0.05) is 243 Å². The van der Waals surface area contributed by atoms with Crippen molar-refractivity contribution in [2.45, 2.75) is 25.7 Å². The minimum absolute atomic E-state index is 0. The van der Waals surface area contributed by atoms with Crippen molar-refractivity contribution in [2.24, 2.45) is 0 Å². The maximum atomic E-state index is 2.99. The third-order valence-electron chi connectivity index (χ3n) is 12.7. The van der Waals surface area contributed by atoms with E-state index in [1.54, 1.807) is 0 Å². The van der Waals surface area contributed by atoms with Crippen LogP contribution in [0.15, 0.2) is 316 Å². The average molecular weight is 1080 g/mol. The maximum Gasteiger partial charge on any atom is 2.00 e. The Bertz CT molecular complexity index is 2310. The Morgan fingerprint density at radius 2 is 0.347 bits per heavy atom. The van der Waals surface area contributed by atoms with Crippen molar-refractivity contribution in [1.29, 1.82) is 0 Å². The summed E-state index contributed by atoms with van der Waals surface area (Å²) in [5.41, 5.74) is 10.7. The second kappa shape index (κ2) is 32.5. The van der Waals surface area contributed by atoms with Crippen molar-refractivity contribution in [3.63, 3.8) is 0 Å². The van der Waals surface area contributed by atoms with E-state index in [2.05, 4.69) is 291 Å². The Labute approximate surface area is 469 Å². The molecule has 8 aromatic rings. The zero-order valence-corrected chi connectivity index (χ0v) is 45.9. The van der Waals surface area contributed by atoms with Crippen LogP contribution in [0.25, 0.3) is 0 Å². The number of allylic oxidation sites excluding steroid dienone is 16. The third-order valence-corrected chi connectivity index (χ3v) is 12.7. The summed E-state index contributed by atoms with van der Waals surface area (Å²) in [5.74, 6) is 0. The summed E-state index contributed by atoms with van der Waals surface area (Å²) in [5, 5.41) is 0. The van der Waals surface area contributed by atoms with Crippen LogP contribution >= 0.6 is 0 Å². The van der Waals surface area contributed by atoms with Crippen molar-refractivity contribution < 1.29 is 52.4 Å². The van der Waals surface area contributed by atoms with E-state index in [0.29, 0.717) is 0 Å². The molecule has 8 aromatic carbocycles. The Morgan fingerprint density at radius 1 is 0.208 bits per heavy atom. The first-order valence-corrected chi connectivity index (χ1v) is 24.5. The van der Waals surface area contributed by atoms with E-state index >= 15 is 0 Å². The Kier molecular flexibility index (Phi) is 25.5. The molecule has 0 aliphatic heterocycles. The van der Waals surface area contributed by atoms with E-state index in [1.165, 1.54) is 43.7 Å².